The molecule has 0 amide bonds. The molecule has 6 nitrogen and oxygen atoms in total. The summed E-state index contributed by atoms with van der Waals surface area (Å²) in [6.45, 7) is 1.45. The Morgan fingerprint density at radius 1 is 0.931 bits per heavy atom. The van der Waals surface area contributed by atoms with E-state index >= 15 is 0 Å². The minimum absolute atomic E-state index is 0. The highest BCUT2D eigenvalue weighted by molar-refractivity contribution is 5.85. The lowest BCUT2D eigenvalue weighted by Crippen LogP contribution is -2.15. The zero-order valence-corrected chi connectivity index (χ0v) is 16.8. The third kappa shape index (κ3) is 4.80. The van der Waals surface area contributed by atoms with Crippen LogP contribution in [0.2, 0.25) is 0 Å². The van der Waals surface area contributed by atoms with Gasteiger partial charge in [-0.25, -0.2) is 0 Å². The van der Waals surface area contributed by atoms with Crippen molar-refractivity contribution in [3.63, 3.8) is 0 Å². The Kier molecular flexibility index (Phi) is 6.94. The van der Waals surface area contributed by atoms with Crippen LogP contribution >= 0.6 is 12.4 Å². The molecule has 4 rings (SSSR count). The van der Waals surface area contributed by atoms with Crippen molar-refractivity contribution in [3.8, 4) is 39.5 Å². The van der Waals surface area contributed by atoms with Gasteiger partial charge < -0.3 is 10.1 Å². The first-order valence-electron chi connectivity index (χ1n) is 9.14. The number of pyridine rings is 2. The van der Waals surface area contributed by atoms with Gasteiger partial charge in [0.1, 0.15) is 18.1 Å². The summed E-state index contributed by atoms with van der Waals surface area (Å²) in [4.78, 5) is 8.94. The molecule has 3 aromatic heterocycles. The van der Waals surface area contributed by atoms with Gasteiger partial charge in [0.05, 0.1) is 11.4 Å². The van der Waals surface area contributed by atoms with E-state index in [0.29, 0.717) is 6.61 Å². The molecule has 0 spiro atoms. The predicted molar refractivity (Wildman–Crippen MR) is 117 cm³/mol. The molecule has 1 aromatic carbocycles. The van der Waals surface area contributed by atoms with Crippen molar-refractivity contribution in [1.29, 1.82) is 0 Å². The van der Waals surface area contributed by atoms with E-state index in [9.17, 15) is 0 Å². The highest BCUT2D eigenvalue weighted by Crippen LogP contribution is 2.31. The van der Waals surface area contributed by atoms with Gasteiger partial charge in [-0.05, 0) is 61.1 Å². The maximum atomic E-state index is 5.68. The summed E-state index contributed by atoms with van der Waals surface area (Å²) in [6.07, 6.45) is 5.48. The van der Waals surface area contributed by atoms with Crippen LogP contribution in [-0.2, 0) is 0 Å². The van der Waals surface area contributed by atoms with E-state index in [1.807, 2.05) is 68.0 Å². The first-order valence-corrected chi connectivity index (χ1v) is 9.14. The highest BCUT2D eigenvalue weighted by Gasteiger charge is 2.12. The molecule has 0 fully saturated rings. The van der Waals surface area contributed by atoms with Crippen LogP contribution in [0.3, 0.4) is 0 Å². The second-order valence-electron chi connectivity index (χ2n) is 6.27. The van der Waals surface area contributed by atoms with Gasteiger partial charge in [0.25, 0.3) is 0 Å². The summed E-state index contributed by atoms with van der Waals surface area (Å²) < 4.78 is 5.68. The van der Waals surface area contributed by atoms with Crippen molar-refractivity contribution < 1.29 is 4.74 Å². The molecule has 0 aliphatic carbocycles. The molecule has 0 aliphatic rings. The number of H-pyrrole nitrogens is 1. The topological polar surface area (TPSA) is 75.7 Å². The highest BCUT2D eigenvalue weighted by atomic mass is 35.5. The van der Waals surface area contributed by atoms with Crippen molar-refractivity contribution >= 4 is 12.4 Å². The molecule has 4 aromatic rings. The van der Waals surface area contributed by atoms with Gasteiger partial charge in [-0.2, -0.15) is 5.10 Å². The smallest absolute Gasteiger partial charge is 0.119 e. The summed E-state index contributed by atoms with van der Waals surface area (Å²) in [7, 11) is 1.91. The molecule has 2 N–H and O–H groups in total. The normalized spacial score (nSPS) is 10.4. The van der Waals surface area contributed by atoms with Gasteiger partial charge in [-0.15, -0.1) is 12.4 Å². The van der Waals surface area contributed by atoms with Crippen LogP contribution in [0.15, 0.2) is 73.2 Å². The van der Waals surface area contributed by atoms with E-state index in [2.05, 4.69) is 31.5 Å². The molecule has 148 valence electrons. The van der Waals surface area contributed by atoms with Crippen LogP contribution in [0.5, 0.6) is 5.75 Å². The maximum absolute atomic E-state index is 5.68. The van der Waals surface area contributed by atoms with Crippen LogP contribution in [-0.4, -0.2) is 40.4 Å². The van der Waals surface area contributed by atoms with Crippen LogP contribution < -0.4 is 10.1 Å². The van der Waals surface area contributed by atoms with Gasteiger partial charge >= 0.3 is 0 Å². The molecule has 0 saturated carbocycles. The number of halogens is 1. The second kappa shape index (κ2) is 9.82. The molecule has 0 bridgehead atoms. The Balaban J connectivity index is 0.00000240. The monoisotopic (exact) mass is 407 g/mol. The lowest BCUT2D eigenvalue weighted by atomic mass is 10.0. The van der Waals surface area contributed by atoms with Crippen LogP contribution in [0.4, 0.5) is 0 Å². The third-order valence-electron chi connectivity index (χ3n) is 4.39. The maximum Gasteiger partial charge on any atom is 0.119 e. The standard InChI is InChI=1S/C22H21N5O.ClH/c1-23-12-13-28-18-7-5-16(6-8-18)21-14-17(9-11-25-21)19-15-26-27-22(19)20-4-2-3-10-24-20;/h2-11,14-15,23H,12-13H2,1H3,(H,26,27);1H. The van der Waals surface area contributed by atoms with Crippen molar-refractivity contribution in [3.05, 3.63) is 73.2 Å². The molecule has 29 heavy (non-hydrogen) atoms. The van der Waals surface area contributed by atoms with Gasteiger partial charge in [0, 0.05) is 36.3 Å². The van der Waals surface area contributed by atoms with Crippen LogP contribution in [0.25, 0.3) is 33.8 Å². The largest absolute Gasteiger partial charge is 0.492 e. The number of hydrogen-bond acceptors (Lipinski definition) is 5. The second-order valence-corrected chi connectivity index (χ2v) is 6.27. The van der Waals surface area contributed by atoms with Gasteiger partial charge in [0.2, 0.25) is 0 Å². The average molecular weight is 408 g/mol. The number of ether oxygens (including phenoxy) is 1. The summed E-state index contributed by atoms with van der Waals surface area (Å²) >= 11 is 0. The quantitative estimate of drug-likeness (QED) is 0.448. The van der Waals surface area contributed by atoms with E-state index in [4.69, 9.17) is 4.74 Å². The number of benzene rings is 1. The van der Waals surface area contributed by atoms with Crippen LogP contribution in [0.1, 0.15) is 0 Å². The Morgan fingerprint density at radius 2 is 1.76 bits per heavy atom. The van der Waals surface area contributed by atoms with Crippen molar-refractivity contribution in [1.82, 2.24) is 25.5 Å². The van der Waals surface area contributed by atoms with Crippen LogP contribution in [0, 0.1) is 0 Å². The number of nitrogens with zero attached hydrogens (tertiary/aromatic N) is 3. The predicted octanol–water partition coefficient (Wildman–Crippen LogP) is 4.22. The molecule has 0 atom stereocenters. The number of nitrogens with one attached hydrogen (secondary N) is 2. The summed E-state index contributed by atoms with van der Waals surface area (Å²) in [6, 6.07) is 17.8. The van der Waals surface area contributed by atoms with Crippen molar-refractivity contribution in [2.24, 2.45) is 0 Å². The molecule has 0 aliphatic heterocycles. The minimum Gasteiger partial charge on any atom is -0.492 e. The molecule has 7 heteroatoms. The van der Waals surface area contributed by atoms with Crippen molar-refractivity contribution in [2.75, 3.05) is 20.2 Å². The van der Waals surface area contributed by atoms with Gasteiger partial charge in [-0.1, -0.05) is 6.07 Å². The van der Waals surface area contributed by atoms with E-state index in [0.717, 1.165) is 46.1 Å². The zero-order valence-electron chi connectivity index (χ0n) is 16.0. The number of rotatable bonds is 7. The molecule has 0 unspecified atom stereocenters. The molecule has 0 saturated heterocycles. The third-order valence-corrected chi connectivity index (χ3v) is 4.39. The Morgan fingerprint density at radius 3 is 2.52 bits per heavy atom. The summed E-state index contributed by atoms with van der Waals surface area (Å²) in [5, 5.41) is 10.4. The number of aromatic amines is 1. The Bertz CT molecular complexity index is 1030. The zero-order chi connectivity index (χ0) is 19.2. The Hall–Kier alpha value is -3.22. The van der Waals surface area contributed by atoms with Crippen molar-refractivity contribution in [2.45, 2.75) is 0 Å². The fourth-order valence-electron chi connectivity index (χ4n) is 2.96. The summed E-state index contributed by atoms with van der Waals surface area (Å²) in [5.41, 5.74) is 5.62. The SMILES string of the molecule is CNCCOc1ccc(-c2cc(-c3c[nH]nc3-c3ccccn3)ccn2)cc1.Cl. The average Bonchev–Trinajstić information content (AvgIpc) is 3.25. The number of aromatic nitrogens is 4. The first kappa shape index (κ1) is 20.5. The molecular formula is C22H22ClN5O. The van der Waals surface area contributed by atoms with E-state index in [1.54, 1.807) is 6.20 Å². The Labute approximate surface area is 175 Å². The van der Waals surface area contributed by atoms with E-state index in [1.165, 1.54) is 0 Å². The molecular weight excluding hydrogens is 386 g/mol. The minimum atomic E-state index is 0. The first-order chi connectivity index (χ1) is 13.8. The van der Waals surface area contributed by atoms with Gasteiger partial charge in [-0.3, -0.25) is 15.1 Å². The lowest BCUT2D eigenvalue weighted by molar-refractivity contribution is 0.318. The number of likely N-dealkylation sites (N-methyl/N-ethyl adjacent to an activating group) is 1. The fourth-order valence-corrected chi connectivity index (χ4v) is 2.96. The molecule has 3 heterocycles. The van der Waals surface area contributed by atoms with E-state index < -0.39 is 0 Å². The molecule has 0 radical (unpaired) electrons. The summed E-state index contributed by atoms with van der Waals surface area (Å²) in [5.74, 6) is 0.849. The number of hydrogen-bond donors (Lipinski definition) is 2. The lowest BCUT2D eigenvalue weighted by Gasteiger charge is -2.08. The van der Waals surface area contributed by atoms with E-state index in [-0.39, 0.29) is 12.4 Å². The fraction of sp³-hybridized carbons (Fsp3) is 0.136. The van der Waals surface area contributed by atoms with Gasteiger partial charge in [0.15, 0.2) is 0 Å².